The highest BCUT2D eigenvalue weighted by atomic mass is 16.6. The molecule has 0 spiro atoms. The van der Waals surface area contributed by atoms with Gasteiger partial charge in [-0.2, -0.15) is 0 Å². The van der Waals surface area contributed by atoms with E-state index in [4.69, 9.17) is 20.3 Å². The number of nitrogens with one attached hydrogen (secondary N) is 2. The molecule has 0 aliphatic heterocycles. The van der Waals surface area contributed by atoms with Crippen molar-refractivity contribution in [2.45, 2.75) is 20.0 Å². The van der Waals surface area contributed by atoms with E-state index in [0.717, 1.165) is 0 Å². The van der Waals surface area contributed by atoms with Crippen molar-refractivity contribution in [3.05, 3.63) is 96.1 Å². The van der Waals surface area contributed by atoms with E-state index in [1.807, 2.05) is 6.92 Å². The summed E-state index contributed by atoms with van der Waals surface area (Å²) in [5, 5.41) is 14.4. The molecule has 38 heavy (non-hydrogen) atoms. The summed E-state index contributed by atoms with van der Waals surface area (Å²) in [7, 11) is 0. The van der Waals surface area contributed by atoms with E-state index in [-0.39, 0.29) is 24.9 Å². The normalized spacial score (nSPS) is 12.4. The molecule has 198 valence electrons. The number of hydrogen-bond donors (Lipinski definition) is 4. The lowest BCUT2D eigenvalue weighted by Crippen LogP contribution is -2.21. The Hall–Kier alpha value is -4.63. The Labute approximate surface area is 221 Å². The molecule has 9 nitrogen and oxygen atoms in total. The van der Waals surface area contributed by atoms with Gasteiger partial charge in [0.2, 0.25) is 5.91 Å². The van der Waals surface area contributed by atoms with Crippen molar-refractivity contribution in [3.8, 4) is 5.75 Å². The first-order chi connectivity index (χ1) is 18.3. The van der Waals surface area contributed by atoms with Crippen LogP contribution >= 0.6 is 0 Å². The van der Waals surface area contributed by atoms with Crippen LogP contribution in [-0.4, -0.2) is 36.1 Å². The molecular weight excluding hydrogens is 486 g/mol. The van der Waals surface area contributed by atoms with Crippen LogP contribution in [-0.2, 0) is 9.53 Å². The molecule has 0 unspecified atom stereocenters. The number of carbonyl (C=O) groups excluding carboxylic acids is 3. The lowest BCUT2D eigenvalue weighted by atomic mass is 9.96. The quantitative estimate of drug-likeness (QED) is 0.160. The standard InChI is InChI=1S/C29H31N3O6/c1-19(7-16-27(35)32-26-6-4-3-5-25(26)30)28(22-10-14-24(15-11-22)37-18-17-33)38-29(36)31-23-12-8-21(9-13-23)20(2)34/h3-16,19,28,33H,17-18,30H2,1-2H3,(H,31,36)(H,32,35)/b16-7+/t19-,28+/m0/s1. The van der Waals surface area contributed by atoms with Gasteiger partial charge < -0.3 is 25.6 Å². The van der Waals surface area contributed by atoms with Gasteiger partial charge in [-0.15, -0.1) is 0 Å². The summed E-state index contributed by atoms with van der Waals surface area (Å²) in [5.74, 6) is -0.301. The van der Waals surface area contributed by atoms with Gasteiger partial charge in [0.25, 0.3) is 0 Å². The van der Waals surface area contributed by atoms with Crippen LogP contribution in [0.4, 0.5) is 21.9 Å². The maximum atomic E-state index is 12.8. The molecular formula is C29H31N3O6. The minimum Gasteiger partial charge on any atom is -0.491 e. The zero-order valence-electron chi connectivity index (χ0n) is 21.2. The predicted octanol–water partition coefficient (Wildman–Crippen LogP) is 4.96. The molecule has 0 saturated carbocycles. The molecule has 0 saturated heterocycles. The molecule has 3 aromatic rings. The van der Waals surface area contributed by atoms with Crippen molar-refractivity contribution in [3.63, 3.8) is 0 Å². The number of hydrogen-bond acceptors (Lipinski definition) is 7. The second-order valence-corrected chi connectivity index (χ2v) is 8.52. The number of aliphatic hydroxyl groups is 1. The lowest BCUT2D eigenvalue weighted by Gasteiger charge is -2.23. The largest absolute Gasteiger partial charge is 0.491 e. The van der Waals surface area contributed by atoms with Crippen LogP contribution in [0.5, 0.6) is 5.75 Å². The fraction of sp³-hybridized carbons (Fsp3) is 0.207. The zero-order chi connectivity index (χ0) is 27.5. The number of ketones is 1. The number of nitrogen functional groups attached to an aromatic ring is 1. The summed E-state index contributed by atoms with van der Waals surface area (Å²) in [4.78, 5) is 36.7. The SMILES string of the molecule is CC(=O)c1ccc(NC(=O)O[C@@H](c2ccc(OCCO)cc2)[C@@H](C)/C=C/C(=O)Nc2ccccc2N)cc1. The lowest BCUT2D eigenvalue weighted by molar-refractivity contribution is -0.111. The second kappa shape index (κ2) is 13.6. The first kappa shape index (κ1) is 27.9. The van der Waals surface area contributed by atoms with E-state index in [0.29, 0.717) is 33.9 Å². The molecule has 0 aliphatic rings. The Kier molecular flexibility index (Phi) is 10.0. The molecule has 3 aromatic carbocycles. The minimum absolute atomic E-state index is 0.0785. The topological polar surface area (TPSA) is 140 Å². The average Bonchev–Trinajstić information content (AvgIpc) is 2.91. The number of ether oxygens (including phenoxy) is 2. The van der Waals surface area contributed by atoms with E-state index >= 15 is 0 Å². The molecule has 9 heteroatoms. The summed E-state index contributed by atoms with van der Waals surface area (Å²) in [6.45, 7) is 3.33. The highest BCUT2D eigenvalue weighted by molar-refractivity contribution is 6.01. The summed E-state index contributed by atoms with van der Waals surface area (Å²) in [6.07, 6.45) is 1.56. The summed E-state index contributed by atoms with van der Waals surface area (Å²) >= 11 is 0. The fourth-order valence-electron chi connectivity index (χ4n) is 3.57. The van der Waals surface area contributed by atoms with Gasteiger partial charge in [0.15, 0.2) is 5.78 Å². The monoisotopic (exact) mass is 517 g/mol. The Bertz CT molecular complexity index is 1270. The summed E-state index contributed by atoms with van der Waals surface area (Å²) in [6, 6.07) is 20.3. The van der Waals surface area contributed by atoms with Gasteiger partial charge in [-0.1, -0.05) is 37.3 Å². The highest BCUT2D eigenvalue weighted by Gasteiger charge is 2.23. The molecule has 3 rings (SSSR count). The predicted molar refractivity (Wildman–Crippen MR) is 146 cm³/mol. The van der Waals surface area contributed by atoms with Crippen LogP contribution in [0.2, 0.25) is 0 Å². The van der Waals surface area contributed by atoms with Crippen molar-refractivity contribution < 1.29 is 29.0 Å². The highest BCUT2D eigenvalue weighted by Crippen LogP contribution is 2.29. The number of rotatable bonds is 11. The van der Waals surface area contributed by atoms with Gasteiger partial charge in [-0.05, 0) is 67.1 Å². The summed E-state index contributed by atoms with van der Waals surface area (Å²) in [5.41, 5.74) is 8.50. The van der Waals surface area contributed by atoms with E-state index in [1.165, 1.54) is 13.0 Å². The molecule has 2 atom stereocenters. The van der Waals surface area contributed by atoms with Crippen molar-refractivity contribution >= 4 is 34.8 Å². The number of aliphatic hydroxyl groups excluding tert-OH is 1. The first-order valence-corrected chi connectivity index (χ1v) is 12.0. The third-order valence-electron chi connectivity index (χ3n) is 5.59. The minimum atomic E-state index is -0.746. The molecule has 0 aromatic heterocycles. The Morgan fingerprint density at radius 2 is 1.66 bits per heavy atom. The third kappa shape index (κ3) is 8.21. The Balaban J connectivity index is 1.75. The van der Waals surface area contributed by atoms with Crippen LogP contribution < -0.4 is 21.1 Å². The molecule has 0 heterocycles. The second-order valence-electron chi connectivity index (χ2n) is 8.52. The van der Waals surface area contributed by atoms with E-state index < -0.39 is 18.1 Å². The first-order valence-electron chi connectivity index (χ1n) is 12.0. The van der Waals surface area contributed by atoms with Gasteiger partial charge >= 0.3 is 6.09 Å². The van der Waals surface area contributed by atoms with Crippen LogP contribution in [0.1, 0.15) is 35.9 Å². The third-order valence-corrected chi connectivity index (χ3v) is 5.59. The van der Waals surface area contributed by atoms with Crippen molar-refractivity contribution in [1.82, 2.24) is 0 Å². The van der Waals surface area contributed by atoms with E-state index in [2.05, 4.69) is 10.6 Å². The fourth-order valence-corrected chi connectivity index (χ4v) is 3.57. The molecule has 5 N–H and O–H groups in total. The molecule has 0 aliphatic carbocycles. The van der Waals surface area contributed by atoms with E-state index in [9.17, 15) is 14.4 Å². The molecule has 0 radical (unpaired) electrons. The maximum absolute atomic E-state index is 12.8. The molecule has 0 fully saturated rings. The smallest absolute Gasteiger partial charge is 0.412 e. The zero-order valence-corrected chi connectivity index (χ0v) is 21.2. The van der Waals surface area contributed by atoms with Crippen LogP contribution in [0.3, 0.4) is 0 Å². The van der Waals surface area contributed by atoms with Gasteiger partial charge in [0.1, 0.15) is 18.5 Å². The van der Waals surface area contributed by atoms with Crippen LogP contribution in [0.25, 0.3) is 0 Å². The van der Waals surface area contributed by atoms with E-state index in [1.54, 1.807) is 78.9 Å². The average molecular weight is 518 g/mol. The van der Waals surface area contributed by atoms with Crippen LogP contribution in [0, 0.1) is 5.92 Å². The number of anilines is 3. The Morgan fingerprint density at radius 3 is 2.29 bits per heavy atom. The van der Waals surface area contributed by atoms with Gasteiger partial charge in [0.05, 0.1) is 18.0 Å². The van der Waals surface area contributed by atoms with Gasteiger partial charge in [0, 0.05) is 17.2 Å². The molecule has 2 amide bonds. The molecule has 0 bridgehead atoms. The number of para-hydroxylation sites is 2. The number of amides is 2. The number of benzene rings is 3. The number of carbonyl (C=O) groups is 3. The van der Waals surface area contributed by atoms with Crippen molar-refractivity contribution in [2.24, 2.45) is 5.92 Å². The van der Waals surface area contributed by atoms with Gasteiger partial charge in [-0.25, -0.2) is 4.79 Å². The number of Topliss-reactive ketones (excluding diaryl/α,β-unsaturated/α-hetero) is 1. The Morgan fingerprint density at radius 1 is 0.974 bits per heavy atom. The maximum Gasteiger partial charge on any atom is 0.412 e. The van der Waals surface area contributed by atoms with Crippen molar-refractivity contribution in [1.29, 1.82) is 0 Å². The van der Waals surface area contributed by atoms with Crippen LogP contribution in [0.15, 0.2) is 84.9 Å². The summed E-state index contributed by atoms with van der Waals surface area (Å²) < 4.78 is 11.2. The van der Waals surface area contributed by atoms with Gasteiger partial charge in [-0.3, -0.25) is 14.9 Å². The van der Waals surface area contributed by atoms with Crippen molar-refractivity contribution in [2.75, 3.05) is 29.6 Å². The number of nitrogens with two attached hydrogens (primary N) is 1.